The fourth-order valence-corrected chi connectivity index (χ4v) is 6.67. The van der Waals surface area contributed by atoms with E-state index in [9.17, 15) is 18.0 Å². The predicted octanol–water partition coefficient (Wildman–Crippen LogP) is 3.65. The van der Waals surface area contributed by atoms with Crippen molar-refractivity contribution in [2.24, 2.45) is 5.92 Å². The lowest BCUT2D eigenvalue weighted by molar-refractivity contribution is -0.120. The van der Waals surface area contributed by atoms with E-state index in [-0.39, 0.29) is 34.2 Å². The van der Waals surface area contributed by atoms with Gasteiger partial charge in [-0.05, 0) is 37.1 Å². The third-order valence-corrected chi connectivity index (χ3v) is 8.73. The summed E-state index contributed by atoms with van der Waals surface area (Å²) in [4.78, 5) is 27.8. The molecule has 2 fully saturated rings. The van der Waals surface area contributed by atoms with Gasteiger partial charge in [-0.1, -0.05) is 41.4 Å². The van der Waals surface area contributed by atoms with Crippen LogP contribution in [0.3, 0.4) is 0 Å². The van der Waals surface area contributed by atoms with Crippen LogP contribution in [0.4, 0.5) is 5.69 Å². The van der Waals surface area contributed by atoms with Gasteiger partial charge in [0.1, 0.15) is 0 Å². The van der Waals surface area contributed by atoms with Crippen molar-refractivity contribution >= 4 is 50.7 Å². The molecule has 4 rings (SSSR count). The van der Waals surface area contributed by atoms with E-state index in [2.05, 4.69) is 5.32 Å². The summed E-state index contributed by atoms with van der Waals surface area (Å²) in [6.45, 7) is 2.31. The minimum Gasteiger partial charge on any atom is -0.378 e. The molecule has 0 aliphatic carbocycles. The molecule has 2 aliphatic heterocycles. The molecule has 2 aliphatic rings. The lowest BCUT2D eigenvalue weighted by Crippen LogP contribution is -2.44. The standard InChI is InChI=1S/C24H27Cl2N3O5S/c25-20-7-3-8-21(26)19(20)16-35(32,33)29-10-4-5-17(15-29)23(30)27-22-9-2-1-6-18(22)24(31)28-11-13-34-14-12-28/h1-3,6-9,17H,4-5,10-16H2,(H,27,30)/t17-/m1/s1. The molecular weight excluding hydrogens is 513 g/mol. The molecule has 0 bridgehead atoms. The summed E-state index contributed by atoms with van der Waals surface area (Å²) in [7, 11) is -3.74. The first-order valence-electron chi connectivity index (χ1n) is 11.4. The van der Waals surface area contributed by atoms with Gasteiger partial charge in [-0.25, -0.2) is 12.7 Å². The van der Waals surface area contributed by atoms with Crippen molar-refractivity contribution < 1.29 is 22.7 Å². The van der Waals surface area contributed by atoms with Crippen LogP contribution in [0.2, 0.25) is 10.0 Å². The Bertz CT molecular complexity index is 1180. The van der Waals surface area contributed by atoms with E-state index in [1.54, 1.807) is 47.4 Å². The summed E-state index contributed by atoms with van der Waals surface area (Å²) in [5.41, 5.74) is 1.16. The average molecular weight is 540 g/mol. The van der Waals surface area contributed by atoms with Crippen molar-refractivity contribution in [3.63, 3.8) is 0 Å². The van der Waals surface area contributed by atoms with Gasteiger partial charge in [-0.3, -0.25) is 9.59 Å². The monoisotopic (exact) mass is 539 g/mol. The number of amides is 2. The molecule has 35 heavy (non-hydrogen) atoms. The molecule has 2 aromatic carbocycles. The smallest absolute Gasteiger partial charge is 0.256 e. The number of halogens is 2. The van der Waals surface area contributed by atoms with E-state index in [4.69, 9.17) is 27.9 Å². The van der Waals surface area contributed by atoms with E-state index < -0.39 is 15.9 Å². The van der Waals surface area contributed by atoms with E-state index in [0.717, 1.165) is 0 Å². The molecule has 11 heteroatoms. The number of piperidine rings is 1. The number of anilines is 1. The molecule has 0 radical (unpaired) electrons. The lowest BCUT2D eigenvalue weighted by atomic mass is 9.98. The number of morpholine rings is 1. The highest BCUT2D eigenvalue weighted by molar-refractivity contribution is 7.88. The Morgan fingerprint density at radius 2 is 1.69 bits per heavy atom. The molecule has 0 unspecified atom stereocenters. The Morgan fingerprint density at radius 1 is 1.00 bits per heavy atom. The van der Waals surface area contributed by atoms with Crippen molar-refractivity contribution in [2.75, 3.05) is 44.7 Å². The van der Waals surface area contributed by atoms with Crippen molar-refractivity contribution in [1.29, 1.82) is 0 Å². The van der Waals surface area contributed by atoms with Gasteiger partial charge in [0.2, 0.25) is 15.9 Å². The zero-order valence-corrected chi connectivity index (χ0v) is 21.4. The van der Waals surface area contributed by atoms with Gasteiger partial charge in [-0.15, -0.1) is 0 Å². The number of nitrogens with one attached hydrogen (secondary N) is 1. The maximum atomic E-state index is 13.1. The van der Waals surface area contributed by atoms with Crippen molar-refractivity contribution in [1.82, 2.24) is 9.21 Å². The number of ether oxygens (including phenoxy) is 1. The highest BCUT2D eigenvalue weighted by atomic mass is 35.5. The Labute approximate surface area is 215 Å². The molecule has 0 saturated carbocycles. The molecule has 2 aromatic rings. The molecule has 0 aromatic heterocycles. The second kappa shape index (κ2) is 11.3. The van der Waals surface area contributed by atoms with Gasteiger partial charge < -0.3 is 15.0 Å². The molecule has 1 atom stereocenters. The SMILES string of the molecule is O=C(Nc1ccccc1C(=O)N1CCOCC1)[C@@H]1CCCN(S(=O)(=O)Cc2c(Cl)cccc2Cl)C1. The minimum atomic E-state index is -3.74. The summed E-state index contributed by atoms with van der Waals surface area (Å²) in [6, 6.07) is 11.7. The maximum absolute atomic E-state index is 13.1. The van der Waals surface area contributed by atoms with Crippen LogP contribution in [0.5, 0.6) is 0 Å². The topological polar surface area (TPSA) is 96.0 Å². The van der Waals surface area contributed by atoms with Crippen molar-refractivity contribution in [3.8, 4) is 0 Å². The zero-order valence-electron chi connectivity index (χ0n) is 19.1. The fraction of sp³-hybridized carbons (Fsp3) is 0.417. The summed E-state index contributed by atoms with van der Waals surface area (Å²) < 4.78 is 32.9. The normalized spacial score (nSPS) is 19.4. The van der Waals surface area contributed by atoms with Crippen LogP contribution >= 0.6 is 23.2 Å². The first kappa shape index (κ1) is 25.9. The number of hydrogen-bond donors (Lipinski definition) is 1. The Kier molecular flexibility index (Phi) is 8.34. The minimum absolute atomic E-state index is 0.0514. The molecule has 8 nitrogen and oxygen atoms in total. The number of benzene rings is 2. The lowest BCUT2D eigenvalue weighted by Gasteiger charge is -2.32. The maximum Gasteiger partial charge on any atom is 0.256 e. The van der Waals surface area contributed by atoms with Crippen LogP contribution in [0.25, 0.3) is 0 Å². The zero-order chi connectivity index (χ0) is 25.0. The van der Waals surface area contributed by atoms with Crippen LogP contribution < -0.4 is 5.32 Å². The number of nitrogens with zero attached hydrogens (tertiary/aromatic N) is 2. The van der Waals surface area contributed by atoms with Gasteiger partial charge in [-0.2, -0.15) is 0 Å². The number of para-hydroxylation sites is 1. The highest BCUT2D eigenvalue weighted by Crippen LogP contribution is 2.29. The van der Waals surface area contributed by atoms with Gasteiger partial charge >= 0.3 is 0 Å². The second-order valence-electron chi connectivity index (χ2n) is 8.59. The van der Waals surface area contributed by atoms with E-state index in [0.29, 0.717) is 62.5 Å². The number of carbonyl (C=O) groups excluding carboxylic acids is 2. The number of carbonyl (C=O) groups is 2. The number of hydrogen-bond acceptors (Lipinski definition) is 5. The molecule has 2 saturated heterocycles. The number of sulfonamides is 1. The summed E-state index contributed by atoms with van der Waals surface area (Å²) >= 11 is 12.3. The van der Waals surface area contributed by atoms with Crippen LogP contribution in [0, 0.1) is 5.92 Å². The first-order valence-corrected chi connectivity index (χ1v) is 13.8. The van der Waals surface area contributed by atoms with Crippen LogP contribution in [-0.4, -0.2) is 68.8 Å². The van der Waals surface area contributed by atoms with Crippen molar-refractivity contribution in [3.05, 3.63) is 63.6 Å². The summed E-state index contributed by atoms with van der Waals surface area (Å²) in [5.74, 6) is -1.38. The molecule has 1 N–H and O–H groups in total. The Morgan fingerprint density at radius 3 is 2.40 bits per heavy atom. The van der Waals surface area contributed by atoms with E-state index in [1.165, 1.54) is 4.31 Å². The molecular formula is C24H27Cl2N3O5S. The molecule has 0 spiro atoms. The van der Waals surface area contributed by atoms with Crippen LogP contribution in [0.1, 0.15) is 28.8 Å². The summed E-state index contributed by atoms with van der Waals surface area (Å²) in [6.07, 6.45) is 1.09. The second-order valence-corrected chi connectivity index (χ2v) is 11.4. The van der Waals surface area contributed by atoms with Gasteiger partial charge in [0.05, 0.1) is 36.1 Å². The van der Waals surface area contributed by atoms with Gasteiger partial charge in [0.25, 0.3) is 5.91 Å². The summed E-state index contributed by atoms with van der Waals surface area (Å²) in [5, 5.41) is 3.43. The molecule has 188 valence electrons. The van der Waals surface area contributed by atoms with Gasteiger partial charge in [0.15, 0.2) is 0 Å². The van der Waals surface area contributed by atoms with Gasteiger partial charge in [0, 0.05) is 41.8 Å². The fourth-order valence-electron chi connectivity index (χ4n) is 4.30. The van der Waals surface area contributed by atoms with Crippen LogP contribution in [0.15, 0.2) is 42.5 Å². The largest absolute Gasteiger partial charge is 0.378 e. The van der Waals surface area contributed by atoms with E-state index >= 15 is 0 Å². The predicted molar refractivity (Wildman–Crippen MR) is 135 cm³/mol. The third-order valence-electron chi connectivity index (χ3n) is 6.25. The quantitative estimate of drug-likeness (QED) is 0.604. The Balaban J connectivity index is 1.45. The third kappa shape index (κ3) is 6.16. The first-order chi connectivity index (χ1) is 16.8. The molecule has 2 heterocycles. The van der Waals surface area contributed by atoms with Crippen molar-refractivity contribution in [2.45, 2.75) is 18.6 Å². The van der Waals surface area contributed by atoms with Crippen LogP contribution in [-0.2, 0) is 25.3 Å². The Hall–Kier alpha value is -2.17. The van der Waals surface area contributed by atoms with E-state index in [1.807, 2.05) is 0 Å². The molecule has 2 amide bonds. The average Bonchev–Trinajstić information content (AvgIpc) is 2.87. The highest BCUT2D eigenvalue weighted by Gasteiger charge is 2.33. The number of rotatable bonds is 6.